The van der Waals surface area contributed by atoms with Crippen LogP contribution in [0.1, 0.15) is 11.3 Å². The lowest BCUT2D eigenvalue weighted by molar-refractivity contribution is -0.141. The van der Waals surface area contributed by atoms with E-state index >= 15 is 0 Å². The third-order valence-electron chi connectivity index (χ3n) is 3.68. The zero-order valence-corrected chi connectivity index (χ0v) is 14.4. The van der Waals surface area contributed by atoms with E-state index in [1.165, 1.54) is 28.9 Å². The predicted octanol–water partition coefficient (Wildman–Crippen LogP) is 3.80. The highest BCUT2D eigenvalue weighted by Gasteiger charge is 2.35. The predicted molar refractivity (Wildman–Crippen MR) is 92.7 cm³/mol. The van der Waals surface area contributed by atoms with Gasteiger partial charge in [0.15, 0.2) is 5.69 Å². The maximum Gasteiger partial charge on any atom is 0.435 e. The van der Waals surface area contributed by atoms with E-state index in [0.717, 1.165) is 11.6 Å². The number of nitrogens with one attached hydrogen (secondary N) is 1. The van der Waals surface area contributed by atoms with Crippen molar-refractivity contribution >= 4 is 16.6 Å². The van der Waals surface area contributed by atoms with Crippen LogP contribution in [-0.2, 0) is 17.1 Å². The number of anilines is 1. The van der Waals surface area contributed by atoms with E-state index < -0.39 is 22.8 Å². The fraction of sp³-hybridized carbons (Fsp3) is 0.118. The third kappa shape index (κ3) is 3.88. The van der Waals surface area contributed by atoms with Gasteiger partial charge in [0.2, 0.25) is 10.9 Å². The smallest absolute Gasteiger partial charge is 0.286 e. The number of aryl methyl sites for hydroxylation is 1. The van der Waals surface area contributed by atoms with E-state index in [9.17, 15) is 21.6 Å². The Bertz CT molecular complexity index is 984. The SMILES string of the molecule is Cc1ccc(-c2cc(C(F)(F)F)nn2-c2ccc(N[SH](=O)=O)cc2)cc1. The van der Waals surface area contributed by atoms with Crippen LogP contribution in [0.25, 0.3) is 16.9 Å². The molecular formula is C17H14F3N3O2S. The molecule has 0 spiro atoms. The number of aromatic nitrogens is 2. The Kier molecular flexibility index (Phi) is 4.73. The van der Waals surface area contributed by atoms with Crippen LogP contribution in [0.2, 0.25) is 0 Å². The quantitative estimate of drug-likeness (QED) is 0.676. The zero-order chi connectivity index (χ0) is 18.9. The molecule has 0 unspecified atom stereocenters. The molecule has 0 saturated heterocycles. The molecule has 0 aliphatic rings. The second kappa shape index (κ2) is 6.83. The Labute approximate surface area is 149 Å². The fourth-order valence-corrected chi connectivity index (χ4v) is 2.79. The van der Waals surface area contributed by atoms with E-state index in [4.69, 9.17) is 0 Å². The minimum absolute atomic E-state index is 0.285. The van der Waals surface area contributed by atoms with Gasteiger partial charge in [-0.3, -0.25) is 4.72 Å². The van der Waals surface area contributed by atoms with E-state index in [0.29, 0.717) is 16.9 Å². The van der Waals surface area contributed by atoms with Gasteiger partial charge < -0.3 is 0 Å². The number of nitrogens with zero attached hydrogens (tertiary/aromatic N) is 2. The number of rotatable bonds is 4. The first-order valence-electron chi connectivity index (χ1n) is 7.50. The van der Waals surface area contributed by atoms with Gasteiger partial charge in [0.05, 0.1) is 11.4 Å². The number of hydrogen-bond donors (Lipinski definition) is 2. The molecule has 1 heterocycles. The van der Waals surface area contributed by atoms with Gasteiger partial charge in [0.25, 0.3) is 0 Å². The van der Waals surface area contributed by atoms with Gasteiger partial charge in [-0.25, -0.2) is 13.1 Å². The van der Waals surface area contributed by atoms with Crippen molar-refractivity contribution in [2.24, 2.45) is 0 Å². The summed E-state index contributed by atoms with van der Waals surface area (Å²) in [6, 6.07) is 13.9. The second-order valence-electron chi connectivity index (χ2n) is 5.61. The molecule has 1 N–H and O–H groups in total. The van der Waals surface area contributed by atoms with E-state index in [1.54, 1.807) is 24.3 Å². The van der Waals surface area contributed by atoms with Crippen LogP contribution >= 0.6 is 0 Å². The van der Waals surface area contributed by atoms with Crippen LogP contribution in [0.5, 0.6) is 0 Å². The maximum atomic E-state index is 13.1. The molecule has 9 heteroatoms. The molecular weight excluding hydrogens is 367 g/mol. The van der Waals surface area contributed by atoms with Crippen LogP contribution < -0.4 is 4.72 Å². The molecule has 0 amide bonds. The molecule has 136 valence electrons. The van der Waals surface area contributed by atoms with Crippen LogP contribution in [0.15, 0.2) is 54.6 Å². The first-order valence-corrected chi connectivity index (χ1v) is 8.67. The van der Waals surface area contributed by atoms with Crippen molar-refractivity contribution < 1.29 is 21.6 Å². The summed E-state index contributed by atoms with van der Waals surface area (Å²) in [5, 5.41) is 3.69. The lowest BCUT2D eigenvalue weighted by atomic mass is 10.1. The monoisotopic (exact) mass is 381 g/mol. The van der Waals surface area contributed by atoms with Crippen molar-refractivity contribution in [1.29, 1.82) is 0 Å². The molecule has 0 radical (unpaired) electrons. The summed E-state index contributed by atoms with van der Waals surface area (Å²) >= 11 is 0. The first kappa shape index (κ1) is 18.0. The summed E-state index contributed by atoms with van der Waals surface area (Å²) in [6.45, 7) is 1.88. The minimum atomic E-state index is -4.58. The molecule has 5 nitrogen and oxygen atoms in total. The van der Waals surface area contributed by atoms with Crippen molar-refractivity contribution in [2.75, 3.05) is 4.72 Å². The molecule has 0 fully saturated rings. The Morgan fingerprint density at radius 2 is 1.62 bits per heavy atom. The average molecular weight is 381 g/mol. The lowest BCUT2D eigenvalue weighted by Gasteiger charge is -2.09. The number of halogens is 3. The molecule has 3 rings (SSSR count). The minimum Gasteiger partial charge on any atom is -0.286 e. The van der Waals surface area contributed by atoms with Crippen LogP contribution in [0.3, 0.4) is 0 Å². The van der Waals surface area contributed by atoms with Crippen LogP contribution in [-0.4, -0.2) is 18.2 Å². The molecule has 2 aromatic carbocycles. The number of benzene rings is 2. The van der Waals surface area contributed by atoms with Crippen molar-refractivity contribution in [2.45, 2.75) is 13.1 Å². The highest BCUT2D eigenvalue weighted by atomic mass is 32.2. The summed E-state index contributed by atoms with van der Waals surface area (Å²) in [5.41, 5.74) is 1.54. The van der Waals surface area contributed by atoms with E-state index in [2.05, 4.69) is 9.82 Å². The van der Waals surface area contributed by atoms with Crippen molar-refractivity contribution in [3.63, 3.8) is 0 Å². The number of hydrogen-bond acceptors (Lipinski definition) is 3. The number of thiol groups is 1. The Morgan fingerprint density at radius 1 is 1.00 bits per heavy atom. The van der Waals surface area contributed by atoms with Gasteiger partial charge in [-0.2, -0.15) is 18.3 Å². The molecule has 26 heavy (non-hydrogen) atoms. The van der Waals surface area contributed by atoms with Crippen molar-refractivity contribution in [3.8, 4) is 16.9 Å². The summed E-state index contributed by atoms with van der Waals surface area (Å²) in [7, 11) is -2.82. The average Bonchev–Trinajstić information content (AvgIpc) is 3.01. The maximum absolute atomic E-state index is 13.1. The Balaban J connectivity index is 2.10. The normalized spacial score (nSPS) is 11.7. The topological polar surface area (TPSA) is 64.0 Å². The Morgan fingerprint density at radius 3 is 2.15 bits per heavy atom. The Hall–Kier alpha value is -2.81. The van der Waals surface area contributed by atoms with E-state index in [1.807, 2.05) is 6.92 Å². The molecule has 0 bridgehead atoms. The fourth-order valence-electron chi connectivity index (χ4n) is 2.43. The molecule has 3 aromatic rings. The van der Waals surface area contributed by atoms with Crippen molar-refractivity contribution in [3.05, 3.63) is 65.9 Å². The van der Waals surface area contributed by atoms with Crippen molar-refractivity contribution in [1.82, 2.24) is 9.78 Å². The molecule has 0 aliphatic heterocycles. The van der Waals surface area contributed by atoms with Gasteiger partial charge in [0, 0.05) is 11.3 Å². The second-order valence-corrected chi connectivity index (χ2v) is 6.34. The molecule has 0 saturated carbocycles. The molecule has 0 aliphatic carbocycles. The van der Waals surface area contributed by atoms with Crippen LogP contribution in [0.4, 0.5) is 18.9 Å². The van der Waals surface area contributed by atoms with Crippen LogP contribution in [0, 0.1) is 6.92 Å². The van der Waals surface area contributed by atoms with Gasteiger partial charge >= 0.3 is 6.18 Å². The highest BCUT2D eigenvalue weighted by molar-refractivity contribution is 7.73. The third-order valence-corrected chi connectivity index (χ3v) is 4.12. The van der Waals surface area contributed by atoms with Gasteiger partial charge in [-0.15, -0.1) is 0 Å². The lowest BCUT2D eigenvalue weighted by Crippen LogP contribution is -2.07. The van der Waals surface area contributed by atoms with Gasteiger partial charge in [-0.1, -0.05) is 29.8 Å². The zero-order valence-electron chi connectivity index (χ0n) is 13.5. The molecule has 0 atom stereocenters. The molecule has 1 aromatic heterocycles. The summed E-state index contributed by atoms with van der Waals surface area (Å²) in [4.78, 5) is 0. The van der Waals surface area contributed by atoms with Gasteiger partial charge in [-0.05, 0) is 37.3 Å². The standard InChI is InChI=1S/C17H14F3N3O2S/c1-11-2-4-12(5-3-11)15-10-16(17(18,19)20)21-23(15)14-8-6-13(7-9-14)22-26(24)25/h2-10,26H,1H3,(H,22,24,25). The summed E-state index contributed by atoms with van der Waals surface area (Å²) in [5.74, 6) is 0. The summed E-state index contributed by atoms with van der Waals surface area (Å²) in [6.07, 6.45) is -4.58. The van der Waals surface area contributed by atoms with Gasteiger partial charge in [0.1, 0.15) is 0 Å². The van der Waals surface area contributed by atoms with E-state index in [-0.39, 0.29) is 5.69 Å². The largest absolute Gasteiger partial charge is 0.435 e. The highest BCUT2D eigenvalue weighted by Crippen LogP contribution is 2.33. The first-order chi connectivity index (χ1) is 12.2. The number of alkyl halides is 3. The summed E-state index contributed by atoms with van der Waals surface area (Å²) < 4.78 is 64.2.